The van der Waals surface area contributed by atoms with Gasteiger partial charge in [-0.1, -0.05) is 13.3 Å². The van der Waals surface area contributed by atoms with Crippen molar-refractivity contribution in [3.8, 4) is 0 Å². The van der Waals surface area contributed by atoms with Gasteiger partial charge < -0.3 is 4.74 Å². The molecule has 0 aliphatic carbocycles. The van der Waals surface area contributed by atoms with Gasteiger partial charge in [0.15, 0.2) is 0 Å². The fourth-order valence-electron chi connectivity index (χ4n) is 2.26. The largest absolute Gasteiger partial charge is 0.378 e. The Bertz CT molecular complexity index is 156. The minimum atomic E-state index is 0.229. The van der Waals surface area contributed by atoms with Crippen LogP contribution in [0.5, 0.6) is 0 Å². The first kappa shape index (κ1) is 11.0. The summed E-state index contributed by atoms with van der Waals surface area (Å²) in [7, 11) is 0. The Morgan fingerprint density at radius 1 is 1.46 bits per heavy atom. The maximum absolute atomic E-state index is 5.50. The standard InChI is InChI=1S/C11H23NO/c1-5-6-10(2)12-7-8-13-9-11(12,3)4/h10H,5-9H2,1-4H3. The van der Waals surface area contributed by atoms with Crippen LogP contribution in [0.3, 0.4) is 0 Å². The van der Waals surface area contributed by atoms with Crippen LogP contribution in [-0.4, -0.2) is 36.2 Å². The van der Waals surface area contributed by atoms with Crippen molar-refractivity contribution in [2.75, 3.05) is 19.8 Å². The third-order valence-electron chi connectivity index (χ3n) is 2.95. The van der Waals surface area contributed by atoms with Gasteiger partial charge in [-0.05, 0) is 27.2 Å². The smallest absolute Gasteiger partial charge is 0.0645 e. The maximum Gasteiger partial charge on any atom is 0.0645 e. The summed E-state index contributed by atoms with van der Waals surface area (Å²) in [6.07, 6.45) is 2.57. The average molecular weight is 185 g/mol. The summed E-state index contributed by atoms with van der Waals surface area (Å²) < 4.78 is 5.50. The maximum atomic E-state index is 5.50. The Hall–Kier alpha value is -0.0800. The van der Waals surface area contributed by atoms with Gasteiger partial charge in [0.25, 0.3) is 0 Å². The highest BCUT2D eigenvalue weighted by molar-refractivity contribution is 4.87. The molecule has 1 rings (SSSR count). The molecule has 0 saturated carbocycles. The van der Waals surface area contributed by atoms with E-state index in [2.05, 4.69) is 32.6 Å². The zero-order chi connectivity index (χ0) is 9.90. The van der Waals surface area contributed by atoms with Crippen molar-refractivity contribution in [1.29, 1.82) is 0 Å². The second-order valence-corrected chi connectivity index (χ2v) is 4.70. The third kappa shape index (κ3) is 2.68. The second kappa shape index (κ2) is 4.43. The van der Waals surface area contributed by atoms with Crippen LogP contribution < -0.4 is 0 Å². The van der Waals surface area contributed by atoms with Crippen LogP contribution in [0.25, 0.3) is 0 Å². The van der Waals surface area contributed by atoms with Gasteiger partial charge in [-0.2, -0.15) is 0 Å². The monoisotopic (exact) mass is 185 g/mol. The molecule has 1 atom stereocenters. The molecular formula is C11H23NO. The molecule has 0 aromatic rings. The van der Waals surface area contributed by atoms with E-state index in [-0.39, 0.29) is 5.54 Å². The van der Waals surface area contributed by atoms with Crippen molar-refractivity contribution in [3.63, 3.8) is 0 Å². The molecule has 0 radical (unpaired) electrons. The molecule has 1 unspecified atom stereocenters. The van der Waals surface area contributed by atoms with E-state index in [1.54, 1.807) is 0 Å². The van der Waals surface area contributed by atoms with E-state index in [4.69, 9.17) is 4.74 Å². The lowest BCUT2D eigenvalue weighted by molar-refractivity contribution is -0.0700. The summed E-state index contributed by atoms with van der Waals surface area (Å²) in [5.41, 5.74) is 0.229. The molecule has 1 aliphatic heterocycles. The lowest BCUT2D eigenvalue weighted by atomic mass is 9.98. The van der Waals surface area contributed by atoms with Crippen LogP contribution >= 0.6 is 0 Å². The molecule has 1 saturated heterocycles. The summed E-state index contributed by atoms with van der Waals surface area (Å²) >= 11 is 0. The van der Waals surface area contributed by atoms with E-state index in [0.29, 0.717) is 6.04 Å². The molecule has 1 heterocycles. The van der Waals surface area contributed by atoms with Crippen molar-refractivity contribution >= 4 is 0 Å². The van der Waals surface area contributed by atoms with E-state index in [1.165, 1.54) is 12.8 Å². The molecule has 0 bridgehead atoms. The van der Waals surface area contributed by atoms with Gasteiger partial charge in [0, 0.05) is 18.1 Å². The Kier molecular flexibility index (Phi) is 3.74. The minimum absolute atomic E-state index is 0.229. The predicted octanol–water partition coefficient (Wildman–Crippen LogP) is 2.29. The zero-order valence-electron chi connectivity index (χ0n) is 9.47. The van der Waals surface area contributed by atoms with Gasteiger partial charge >= 0.3 is 0 Å². The molecule has 13 heavy (non-hydrogen) atoms. The van der Waals surface area contributed by atoms with Gasteiger partial charge in [-0.15, -0.1) is 0 Å². The number of hydrogen-bond acceptors (Lipinski definition) is 2. The van der Waals surface area contributed by atoms with Gasteiger partial charge in [-0.3, -0.25) is 4.90 Å². The quantitative estimate of drug-likeness (QED) is 0.669. The van der Waals surface area contributed by atoms with E-state index in [1.807, 2.05) is 0 Å². The minimum Gasteiger partial charge on any atom is -0.378 e. The first-order valence-electron chi connectivity index (χ1n) is 5.42. The Labute approximate surface area is 82.3 Å². The lowest BCUT2D eigenvalue weighted by Gasteiger charge is -2.45. The second-order valence-electron chi connectivity index (χ2n) is 4.70. The van der Waals surface area contributed by atoms with E-state index in [9.17, 15) is 0 Å². The molecule has 0 aromatic carbocycles. The van der Waals surface area contributed by atoms with Gasteiger partial charge in [0.1, 0.15) is 0 Å². The van der Waals surface area contributed by atoms with Crippen molar-refractivity contribution in [2.24, 2.45) is 0 Å². The molecule has 0 amide bonds. The average Bonchev–Trinajstić information content (AvgIpc) is 2.03. The van der Waals surface area contributed by atoms with Crippen molar-refractivity contribution in [3.05, 3.63) is 0 Å². The van der Waals surface area contributed by atoms with Crippen LogP contribution in [0.2, 0.25) is 0 Å². The van der Waals surface area contributed by atoms with Crippen molar-refractivity contribution < 1.29 is 4.74 Å². The normalized spacial score (nSPS) is 25.8. The molecule has 1 fully saturated rings. The van der Waals surface area contributed by atoms with E-state index >= 15 is 0 Å². The Morgan fingerprint density at radius 2 is 2.15 bits per heavy atom. The fraction of sp³-hybridized carbons (Fsp3) is 1.00. The van der Waals surface area contributed by atoms with Gasteiger partial charge in [-0.25, -0.2) is 0 Å². The number of nitrogens with zero attached hydrogens (tertiary/aromatic N) is 1. The van der Waals surface area contributed by atoms with E-state index < -0.39 is 0 Å². The molecule has 2 heteroatoms. The number of ether oxygens (including phenoxy) is 1. The molecule has 78 valence electrons. The first-order valence-corrected chi connectivity index (χ1v) is 5.42. The topological polar surface area (TPSA) is 12.5 Å². The molecule has 0 spiro atoms. The van der Waals surface area contributed by atoms with Crippen LogP contribution in [0, 0.1) is 0 Å². The first-order chi connectivity index (χ1) is 6.08. The van der Waals surface area contributed by atoms with Crippen LogP contribution in [0.4, 0.5) is 0 Å². The summed E-state index contributed by atoms with van der Waals surface area (Å²) in [6.45, 7) is 12.0. The SMILES string of the molecule is CCCC(C)N1CCOCC1(C)C. The highest BCUT2D eigenvalue weighted by atomic mass is 16.5. The summed E-state index contributed by atoms with van der Waals surface area (Å²) in [5.74, 6) is 0. The molecule has 0 aromatic heterocycles. The van der Waals surface area contributed by atoms with Gasteiger partial charge in [0.2, 0.25) is 0 Å². The van der Waals surface area contributed by atoms with Crippen molar-refractivity contribution in [1.82, 2.24) is 4.90 Å². The zero-order valence-corrected chi connectivity index (χ0v) is 9.47. The van der Waals surface area contributed by atoms with Crippen LogP contribution in [-0.2, 0) is 4.74 Å². The highest BCUT2D eigenvalue weighted by Gasteiger charge is 2.32. The number of hydrogen-bond donors (Lipinski definition) is 0. The summed E-state index contributed by atoms with van der Waals surface area (Å²) in [6, 6.07) is 0.698. The van der Waals surface area contributed by atoms with Gasteiger partial charge in [0.05, 0.1) is 13.2 Å². The molecular weight excluding hydrogens is 162 g/mol. The molecule has 0 N–H and O–H groups in total. The Morgan fingerprint density at radius 3 is 2.69 bits per heavy atom. The third-order valence-corrected chi connectivity index (χ3v) is 2.95. The number of morpholine rings is 1. The van der Waals surface area contributed by atoms with Crippen LogP contribution in [0.1, 0.15) is 40.5 Å². The Balaban J connectivity index is 2.54. The predicted molar refractivity (Wildman–Crippen MR) is 56.0 cm³/mol. The van der Waals surface area contributed by atoms with Crippen LogP contribution in [0.15, 0.2) is 0 Å². The summed E-state index contributed by atoms with van der Waals surface area (Å²) in [4.78, 5) is 2.58. The lowest BCUT2D eigenvalue weighted by Crippen LogP contribution is -2.56. The number of rotatable bonds is 3. The highest BCUT2D eigenvalue weighted by Crippen LogP contribution is 2.23. The van der Waals surface area contributed by atoms with E-state index in [0.717, 1.165) is 19.8 Å². The fourth-order valence-corrected chi connectivity index (χ4v) is 2.26. The molecule has 1 aliphatic rings. The summed E-state index contributed by atoms with van der Waals surface area (Å²) in [5, 5.41) is 0. The van der Waals surface area contributed by atoms with Crippen molar-refractivity contribution in [2.45, 2.75) is 52.1 Å². The molecule has 2 nitrogen and oxygen atoms in total.